The average molecular weight is 314 g/mol. The summed E-state index contributed by atoms with van der Waals surface area (Å²) in [4.78, 5) is 12.2. The minimum Gasteiger partial charge on any atom is -0.507 e. The molecule has 1 atom stereocenters. The Bertz CT molecular complexity index is 418. The van der Waals surface area contributed by atoms with Crippen LogP contribution in [0.2, 0.25) is 0 Å². The van der Waals surface area contributed by atoms with Crippen LogP contribution in [0.4, 0.5) is 0 Å². The average Bonchev–Trinajstić information content (AvgIpc) is 2.29. The maximum absolute atomic E-state index is 11.9. The number of halogens is 1. The van der Waals surface area contributed by atoms with Crippen molar-refractivity contribution < 1.29 is 9.90 Å². The van der Waals surface area contributed by atoms with Crippen molar-refractivity contribution in [2.24, 2.45) is 5.92 Å². The third-order valence-corrected chi connectivity index (χ3v) is 3.39. The number of phenolic OH excluding ortho intramolecular Hbond substituents is 1. The first-order valence-corrected chi connectivity index (χ1v) is 7.04. The van der Waals surface area contributed by atoms with Crippen LogP contribution in [0, 0.1) is 12.8 Å². The summed E-state index contributed by atoms with van der Waals surface area (Å²) in [6.45, 7) is 6.62. The third kappa shape index (κ3) is 4.33. The zero-order chi connectivity index (χ0) is 13.7. The number of aryl methyl sites for hydroxylation is 1. The van der Waals surface area contributed by atoms with Gasteiger partial charge in [-0.15, -0.1) is 0 Å². The highest BCUT2D eigenvalue weighted by molar-refractivity contribution is 9.09. The number of benzene rings is 1. The van der Waals surface area contributed by atoms with Crippen molar-refractivity contribution in [3.05, 3.63) is 29.3 Å². The largest absolute Gasteiger partial charge is 0.507 e. The normalized spacial score (nSPS) is 12.5. The Morgan fingerprint density at radius 3 is 2.72 bits per heavy atom. The van der Waals surface area contributed by atoms with E-state index in [0.29, 0.717) is 23.6 Å². The lowest BCUT2D eigenvalue weighted by Gasteiger charge is -2.14. The Hall–Kier alpha value is -1.03. The zero-order valence-corrected chi connectivity index (χ0v) is 12.6. The highest BCUT2D eigenvalue weighted by Crippen LogP contribution is 2.21. The number of amides is 1. The number of nitrogens with one attached hydrogen (secondary N) is 1. The lowest BCUT2D eigenvalue weighted by molar-refractivity contribution is 0.0950. The topological polar surface area (TPSA) is 49.3 Å². The van der Waals surface area contributed by atoms with Crippen LogP contribution in [0.15, 0.2) is 18.2 Å². The second-order valence-electron chi connectivity index (χ2n) is 4.91. The first kappa shape index (κ1) is 15.0. The summed E-state index contributed by atoms with van der Waals surface area (Å²) >= 11 is 3.54. The molecule has 1 aromatic carbocycles. The third-order valence-electron chi connectivity index (χ3n) is 2.69. The van der Waals surface area contributed by atoms with Gasteiger partial charge in [0.1, 0.15) is 5.75 Å². The predicted molar refractivity (Wildman–Crippen MR) is 77.3 cm³/mol. The van der Waals surface area contributed by atoms with E-state index in [0.717, 1.165) is 6.42 Å². The van der Waals surface area contributed by atoms with Crippen molar-refractivity contribution in [2.45, 2.75) is 32.0 Å². The second-order valence-corrected chi connectivity index (χ2v) is 6.20. The molecule has 1 aromatic rings. The van der Waals surface area contributed by atoms with Crippen molar-refractivity contribution in [1.29, 1.82) is 0 Å². The molecule has 2 N–H and O–H groups in total. The van der Waals surface area contributed by atoms with Gasteiger partial charge in [-0.05, 0) is 30.9 Å². The molecule has 0 saturated heterocycles. The van der Waals surface area contributed by atoms with Crippen LogP contribution in [0.1, 0.15) is 36.2 Å². The molecule has 0 saturated carbocycles. The number of para-hydroxylation sites is 1. The molecule has 0 aliphatic heterocycles. The molecule has 0 bridgehead atoms. The molecule has 1 rings (SSSR count). The van der Waals surface area contributed by atoms with Crippen LogP contribution in [-0.2, 0) is 0 Å². The zero-order valence-electron chi connectivity index (χ0n) is 11.0. The van der Waals surface area contributed by atoms with Crippen molar-refractivity contribution >= 4 is 21.8 Å². The lowest BCUT2D eigenvalue weighted by atomic mass is 10.1. The Morgan fingerprint density at radius 1 is 1.44 bits per heavy atom. The molecule has 0 aromatic heterocycles. The van der Waals surface area contributed by atoms with Crippen LogP contribution in [0.25, 0.3) is 0 Å². The molecule has 3 nitrogen and oxygen atoms in total. The minimum atomic E-state index is -0.232. The van der Waals surface area contributed by atoms with Gasteiger partial charge in [-0.25, -0.2) is 0 Å². The van der Waals surface area contributed by atoms with Gasteiger partial charge in [-0.3, -0.25) is 4.79 Å². The molecule has 0 fully saturated rings. The summed E-state index contributed by atoms with van der Waals surface area (Å²) in [6.07, 6.45) is 1.00. The van der Waals surface area contributed by atoms with Gasteiger partial charge in [0.25, 0.3) is 5.91 Å². The first-order valence-electron chi connectivity index (χ1n) is 6.12. The van der Waals surface area contributed by atoms with E-state index in [1.54, 1.807) is 25.1 Å². The smallest absolute Gasteiger partial charge is 0.255 e. The highest BCUT2D eigenvalue weighted by Gasteiger charge is 2.14. The molecule has 1 unspecified atom stereocenters. The monoisotopic (exact) mass is 313 g/mol. The number of hydrogen-bond acceptors (Lipinski definition) is 2. The van der Waals surface area contributed by atoms with Gasteiger partial charge in [0.2, 0.25) is 0 Å². The predicted octanol–water partition coefficient (Wildman–Crippen LogP) is 3.24. The van der Waals surface area contributed by atoms with Crippen molar-refractivity contribution in [3.63, 3.8) is 0 Å². The molecule has 0 spiro atoms. The molecule has 18 heavy (non-hydrogen) atoms. The molecule has 0 radical (unpaired) electrons. The van der Waals surface area contributed by atoms with E-state index in [9.17, 15) is 9.90 Å². The van der Waals surface area contributed by atoms with Gasteiger partial charge in [0.05, 0.1) is 5.56 Å². The van der Waals surface area contributed by atoms with Gasteiger partial charge in [-0.1, -0.05) is 41.9 Å². The summed E-state index contributed by atoms with van der Waals surface area (Å²) in [7, 11) is 0. The molecule has 4 heteroatoms. The maximum atomic E-state index is 11.9. The fourth-order valence-corrected chi connectivity index (χ4v) is 2.65. The number of rotatable bonds is 5. The standard InChI is InChI=1S/C14H20BrNO2/c1-9(2)7-11(15)8-16-14(18)12-6-4-5-10(3)13(12)17/h4-6,9,11,17H,7-8H2,1-3H3,(H,16,18). The van der Waals surface area contributed by atoms with Gasteiger partial charge in [0, 0.05) is 11.4 Å². The van der Waals surface area contributed by atoms with Crippen LogP contribution < -0.4 is 5.32 Å². The Labute approximate surface area is 117 Å². The molecular formula is C14H20BrNO2. The SMILES string of the molecule is Cc1cccc(C(=O)NCC(Br)CC(C)C)c1O. The summed E-state index contributed by atoms with van der Waals surface area (Å²) < 4.78 is 0. The van der Waals surface area contributed by atoms with E-state index in [4.69, 9.17) is 0 Å². The van der Waals surface area contributed by atoms with E-state index in [1.807, 2.05) is 0 Å². The number of aromatic hydroxyl groups is 1. The van der Waals surface area contributed by atoms with Gasteiger partial charge in [-0.2, -0.15) is 0 Å². The van der Waals surface area contributed by atoms with E-state index in [-0.39, 0.29) is 16.5 Å². The second kappa shape index (κ2) is 6.78. The summed E-state index contributed by atoms with van der Waals surface area (Å²) in [5.41, 5.74) is 1.04. The number of hydrogen-bond donors (Lipinski definition) is 2. The quantitative estimate of drug-likeness (QED) is 0.820. The Balaban J connectivity index is 2.58. The van der Waals surface area contributed by atoms with Crippen LogP contribution in [0.5, 0.6) is 5.75 Å². The Morgan fingerprint density at radius 2 is 2.11 bits per heavy atom. The van der Waals surface area contributed by atoms with Gasteiger partial charge >= 0.3 is 0 Å². The number of carbonyl (C=O) groups is 1. The molecular weight excluding hydrogens is 294 g/mol. The van der Waals surface area contributed by atoms with Gasteiger partial charge < -0.3 is 10.4 Å². The number of carbonyl (C=O) groups excluding carboxylic acids is 1. The number of alkyl halides is 1. The number of phenols is 1. The molecule has 100 valence electrons. The maximum Gasteiger partial charge on any atom is 0.255 e. The molecule has 1 amide bonds. The summed E-state index contributed by atoms with van der Waals surface area (Å²) in [6, 6.07) is 5.17. The molecule has 0 aliphatic carbocycles. The Kier molecular flexibility index (Phi) is 5.66. The van der Waals surface area contributed by atoms with Gasteiger partial charge in [0.15, 0.2) is 0 Å². The lowest BCUT2D eigenvalue weighted by Crippen LogP contribution is -2.30. The van der Waals surface area contributed by atoms with E-state index in [2.05, 4.69) is 35.1 Å². The minimum absolute atomic E-state index is 0.0602. The van der Waals surface area contributed by atoms with Crippen LogP contribution >= 0.6 is 15.9 Å². The van der Waals surface area contributed by atoms with Crippen molar-refractivity contribution in [3.8, 4) is 5.75 Å². The van der Waals surface area contributed by atoms with Crippen LogP contribution in [0.3, 0.4) is 0 Å². The van der Waals surface area contributed by atoms with Crippen LogP contribution in [-0.4, -0.2) is 22.4 Å². The van der Waals surface area contributed by atoms with E-state index >= 15 is 0 Å². The fourth-order valence-electron chi connectivity index (χ4n) is 1.74. The summed E-state index contributed by atoms with van der Waals surface area (Å²) in [5.74, 6) is 0.410. The van der Waals surface area contributed by atoms with E-state index in [1.165, 1.54) is 0 Å². The van der Waals surface area contributed by atoms with Crippen molar-refractivity contribution in [2.75, 3.05) is 6.54 Å². The molecule has 0 aliphatic rings. The van der Waals surface area contributed by atoms with E-state index < -0.39 is 0 Å². The highest BCUT2D eigenvalue weighted by atomic mass is 79.9. The van der Waals surface area contributed by atoms with Crippen molar-refractivity contribution in [1.82, 2.24) is 5.32 Å². The fraction of sp³-hybridized carbons (Fsp3) is 0.500. The summed E-state index contributed by atoms with van der Waals surface area (Å²) in [5, 5.41) is 12.6. The first-order chi connectivity index (χ1) is 8.41. The molecule has 0 heterocycles.